The lowest BCUT2D eigenvalue weighted by Crippen LogP contribution is -2.33. The molecule has 0 aromatic heterocycles. The Morgan fingerprint density at radius 1 is 0.950 bits per heavy atom. The number of piperidine rings is 1. The molecule has 0 saturated carbocycles. The Kier molecular flexibility index (Phi) is 4.07. The number of anilines is 2. The third-order valence-corrected chi connectivity index (χ3v) is 4.15. The molecule has 0 radical (unpaired) electrons. The monoisotopic (exact) mass is 269 g/mol. The second-order valence-electron chi connectivity index (χ2n) is 5.58. The van der Waals surface area contributed by atoms with Crippen molar-refractivity contribution in [3.05, 3.63) is 36.4 Å². The molecule has 20 heavy (non-hydrogen) atoms. The minimum atomic E-state index is 0.849. The van der Waals surface area contributed by atoms with Crippen LogP contribution >= 0.6 is 0 Å². The molecule has 0 amide bonds. The van der Waals surface area contributed by atoms with Crippen LogP contribution in [-0.2, 0) is 0 Å². The summed E-state index contributed by atoms with van der Waals surface area (Å²) in [7, 11) is 0. The Hall–Kier alpha value is -1.74. The number of hydrogen-bond acceptors (Lipinski definition) is 3. The number of rotatable bonds is 4. The van der Waals surface area contributed by atoms with Gasteiger partial charge in [0.2, 0.25) is 0 Å². The molecule has 2 aromatic carbocycles. The van der Waals surface area contributed by atoms with Gasteiger partial charge in [-0.05, 0) is 38.1 Å². The van der Waals surface area contributed by atoms with Crippen molar-refractivity contribution in [3.63, 3.8) is 0 Å². The van der Waals surface area contributed by atoms with Gasteiger partial charge in [-0.25, -0.2) is 0 Å². The molecule has 1 fully saturated rings. The van der Waals surface area contributed by atoms with E-state index in [0.717, 1.165) is 24.2 Å². The molecule has 0 bridgehead atoms. The van der Waals surface area contributed by atoms with Gasteiger partial charge in [0.15, 0.2) is 0 Å². The molecule has 1 heterocycles. The molecule has 0 atom stereocenters. The van der Waals surface area contributed by atoms with Crippen LogP contribution in [0.25, 0.3) is 10.8 Å². The molecule has 0 spiro atoms. The number of benzene rings is 2. The lowest BCUT2D eigenvalue weighted by molar-refractivity contribution is 0.237. The van der Waals surface area contributed by atoms with E-state index in [0.29, 0.717) is 0 Å². The largest absolute Gasteiger partial charge is 0.398 e. The fraction of sp³-hybridized carbons (Fsp3) is 0.412. The maximum absolute atomic E-state index is 6.03. The van der Waals surface area contributed by atoms with Crippen molar-refractivity contribution in [2.24, 2.45) is 0 Å². The van der Waals surface area contributed by atoms with Gasteiger partial charge in [0.05, 0.1) is 0 Å². The number of likely N-dealkylation sites (tertiary alicyclic amines) is 1. The summed E-state index contributed by atoms with van der Waals surface area (Å²) in [4.78, 5) is 2.55. The van der Waals surface area contributed by atoms with Crippen LogP contribution in [0.3, 0.4) is 0 Å². The zero-order valence-corrected chi connectivity index (χ0v) is 11.9. The Labute approximate surface area is 120 Å². The van der Waals surface area contributed by atoms with Crippen molar-refractivity contribution in [1.82, 2.24) is 4.90 Å². The summed E-state index contributed by atoms with van der Waals surface area (Å²) < 4.78 is 0. The van der Waals surface area contributed by atoms with Crippen molar-refractivity contribution >= 4 is 22.1 Å². The molecular formula is C17H23N3. The summed E-state index contributed by atoms with van der Waals surface area (Å²) >= 11 is 0. The van der Waals surface area contributed by atoms with E-state index >= 15 is 0 Å². The molecular weight excluding hydrogens is 246 g/mol. The SMILES string of the molecule is Nc1cccc2c(NCCN3CCCCC3)cccc12. The Morgan fingerprint density at radius 3 is 2.55 bits per heavy atom. The predicted molar refractivity (Wildman–Crippen MR) is 87.1 cm³/mol. The van der Waals surface area contributed by atoms with Gasteiger partial charge in [0.25, 0.3) is 0 Å². The lowest BCUT2D eigenvalue weighted by Gasteiger charge is -2.26. The molecule has 0 unspecified atom stereocenters. The van der Waals surface area contributed by atoms with Gasteiger partial charge in [-0.1, -0.05) is 30.7 Å². The van der Waals surface area contributed by atoms with Crippen LogP contribution in [-0.4, -0.2) is 31.1 Å². The summed E-state index contributed by atoms with van der Waals surface area (Å²) in [5, 5.41) is 5.91. The van der Waals surface area contributed by atoms with Crippen LogP contribution in [0.15, 0.2) is 36.4 Å². The standard InChI is InChI=1S/C17H23N3/c18-16-8-4-7-15-14(16)6-5-9-17(15)19-10-13-20-11-2-1-3-12-20/h4-9,19H,1-3,10-13,18H2. The van der Waals surface area contributed by atoms with Crippen LogP contribution in [0.1, 0.15) is 19.3 Å². The summed E-state index contributed by atoms with van der Waals surface area (Å²) in [6.07, 6.45) is 4.10. The molecule has 3 rings (SSSR count). The normalized spacial score (nSPS) is 16.4. The van der Waals surface area contributed by atoms with Crippen molar-refractivity contribution in [1.29, 1.82) is 0 Å². The lowest BCUT2D eigenvalue weighted by atomic mass is 10.1. The average Bonchev–Trinajstić information content (AvgIpc) is 2.49. The smallest absolute Gasteiger partial charge is 0.0421 e. The highest BCUT2D eigenvalue weighted by Gasteiger charge is 2.09. The van der Waals surface area contributed by atoms with Crippen LogP contribution in [0.5, 0.6) is 0 Å². The molecule has 3 heteroatoms. The minimum absolute atomic E-state index is 0.849. The number of nitrogens with zero attached hydrogens (tertiary/aromatic N) is 1. The van der Waals surface area contributed by atoms with Gasteiger partial charge in [0.1, 0.15) is 0 Å². The summed E-state index contributed by atoms with van der Waals surface area (Å²) in [5.74, 6) is 0. The molecule has 3 nitrogen and oxygen atoms in total. The van der Waals surface area contributed by atoms with Crippen molar-refractivity contribution in [2.45, 2.75) is 19.3 Å². The topological polar surface area (TPSA) is 41.3 Å². The molecule has 1 saturated heterocycles. The Morgan fingerprint density at radius 2 is 1.70 bits per heavy atom. The van der Waals surface area contributed by atoms with Gasteiger partial charge < -0.3 is 16.0 Å². The van der Waals surface area contributed by atoms with Crippen LogP contribution < -0.4 is 11.1 Å². The van der Waals surface area contributed by atoms with Gasteiger partial charge in [-0.2, -0.15) is 0 Å². The highest BCUT2D eigenvalue weighted by molar-refractivity contribution is 6.00. The van der Waals surface area contributed by atoms with Crippen molar-refractivity contribution in [3.8, 4) is 0 Å². The number of nitrogen functional groups attached to an aromatic ring is 1. The number of nitrogens with two attached hydrogens (primary N) is 1. The molecule has 1 aliphatic heterocycles. The molecule has 3 N–H and O–H groups in total. The summed E-state index contributed by atoms with van der Waals surface area (Å²) in [5.41, 5.74) is 8.07. The average molecular weight is 269 g/mol. The first kappa shape index (κ1) is 13.3. The van der Waals surface area contributed by atoms with Gasteiger partial charge in [-0.3, -0.25) is 0 Å². The highest BCUT2D eigenvalue weighted by atomic mass is 15.1. The molecule has 1 aliphatic rings. The zero-order chi connectivity index (χ0) is 13.8. The molecule has 106 valence electrons. The summed E-state index contributed by atoms with van der Waals surface area (Å²) in [6, 6.07) is 12.4. The number of nitrogens with one attached hydrogen (secondary N) is 1. The second kappa shape index (κ2) is 6.14. The maximum atomic E-state index is 6.03. The number of hydrogen-bond donors (Lipinski definition) is 2. The first-order chi connectivity index (χ1) is 9.84. The van der Waals surface area contributed by atoms with Gasteiger partial charge in [-0.15, -0.1) is 0 Å². The zero-order valence-electron chi connectivity index (χ0n) is 11.9. The molecule has 0 aliphatic carbocycles. The van der Waals surface area contributed by atoms with E-state index in [9.17, 15) is 0 Å². The minimum Gasteiger partial charge on any atom is -0.398 e. The number of fused-ring (bicyclic) bond motifs is 1. The van der Waals surface area contributed by atoms with Crippen LogP contribution in [0, 0.1) is 0 Å². The van der Waals surface area contributed by atoms with Crippen molar-refractivity contribution in [2.75, 3.05) is 37.2 Å². The quantitative estimate of drug-likeness (QED) is 0.837. The van der Waals surface area contributed by atoms with E-state index in [4.69, 9.17) is 5.73 Å². The van der Waals surface area contributed by atoms with E-state index in [2.05, 4.69) is 34.5 Å². The Bertz CT molecular complexity index is 573. The summed E-state index contributed by atoms with van der Waals surface area (Å²) in [6.45, 7) is 4.63. The fourth-order valence-corrected chi connectivity index (χ4v) is 3.02. The van der Waals surface area contributed by atoms with Gasteiger partial charge in [0, 0.05) is 35.2 Å². The van der Waals surface area contributed by atoms with E-state index in [1.165, 1.54) is 43.4 Å². The van der Waals surface area contributed by atoms with E-state index < -0.39 is 0 Å². The molecule has 2 aromatic rings. The van der Waals surface area contributed by atoms with Crippen LogP contribution in [0.2, 0.25) is 0 Å². The maximum Gasteiger partial charge on any atom is 0.0421 e. The van der Waals surface area contributed by atoms with Crippen LogP contribution in [0.4, 0.5) is 11.4 Å². The Balaban J connectivity index is 1.66. The fourth-order valence-electron chi connectivity index (χ4n) is 3.02. The second-order valence-corrected chi connectivity index (χ2v) is 5.58. The highest BCUT2D eigenvalue weighted by Crippen LogP contribution is 2.27. The van der Waals surface area contributed by atoms with Gasteiger partial charge >= 0.3 is 0 Å². The van der Waals surface area contributed by atoms with E-state index in [-0.39, 0.29) is 0 Å². The predicted octanol–water partition coefficient (Wildman–Crippen LogP) is 3.32. The van der Waals surface area contributed by atoms with E-state index in [1.807, 2.05) is 12.1 Å². The van der Waals surface area contributed by atoms with E-state index in [1.54, 1.807) is 0 Å². The first-order valence-electron chi connectivity index (χ1n) is 7.58. The third kappa shape index (κ3) is 2.88. The van der Waals surface area contributed by atoms with Crippen molar-refractivity contribution < 1.29 is 0 Å². The first-order valence-corrected chi connectivity index (χ1v) is 7.58. The third-order valence-electron chi connectivity index (χ3n) is 4.15.